The van der Waals surface area contributed by atoms with Gasteiger partial charge in [0.25, 0.3) is 5.97 Å². The first kappa shape index (κ1) is 16.6. The Hall–Kier alpha value is -2.43. The van der Waals surface area contributed by atoms with Crippen LogP contribution in [0.15, 0.2) is 48.9 Å². The molecule has 3 rings (SSSR count). The average Bonchev–Trinajstić information content (AvgIpc) is 3.06. The maximum atomic E-state index is 9.00. The molecule has 1 aliphatic rings. The predicted molar refractivity (Wildman–Crippen MR) is 85.8 cm³/mol. The molecule has 0 unspecified atom stereocenters. The highest BCUT2D eigenvalue weighted by molar-refractivity contribution is 5.78. The van der Waals surface area contributed by atoms with E-state index in [0.717, 1.165) is 20.1 Å². The Morgan fingerprint density at radius 2 is 1.95 bits per heavy atom. The number of carboxylic acids is 1. The number of hydrogen-bond acceptors (Lipinski definition) is 3. The van der Waals surface area contributed by atoms with Crippen LogP contribution in [-0.2, 0) is 4.79 Å². The van der Waals surface area contributed by atoms with Gasteiger partial charge in [0.2, 0.25) is 0 Å². The minimum atomic E-state index is -0.833. The second-order valence-corrected chi connectivity index (χ2v) is 4.69. The Morgan fingerprint density at radius 1 is 1.29 bits per heavy atom. The van der Waals surface area contributed by atoms with Crippen molar-refractivity contribution in [1.29, 1.82) is 0 Å². The summed E-state index contributed by atoms with van der Waals surface area (Å²) in [5.74, 6) is -0.833. The molecule has 0 amide bonds. The van der Waals surface area contributed by atoms with Crippen molar-refractivity contribution < 1.29 is 9.90 Å². The molecule has 0 fully saturated rings. The number of carboxylic acid groups (broad SMARTS) is 1. The van der Waals surface area contributed by atoms with E-state index in [1.54, 1.807) is 0 Å². The summed E-state index contributed by atoms with van der Waals surface area (Å²) < 4.78 is 0. The van der Waals surface area contributed by atoms with E-state index in [9.17, 15) is 0 Å². The Morgan fingerprint density at radius 3 is 2.43 bits per heavy atom. The van der Waals surface area contributed by atoms with Gasteiger partial charge in [0, 0.05) is 44.6 Å². The lowest BCUT2D eigenvalue weighted by atomic mass is 10.3. The van der Waals surface area contributed by atoms with Crippen molar-refractivity contribution >= 4 is 16.9 Å². The number of nitrogens with zero attached hydrogens (tertiary/aromatic N) is 2. The molecule has 0 bridgehead atoms. The largest absolute Gasteiger partial charge is 0.481 e. The molecular formula is C16H23N3O2. The third-order valence-corrected chi connectivity index (χ3v) is 2.81. The summed E-state index contributed by atoms with van der Waals surface area (Å²) in [5.41, 5.74) is 1.21. The molecule has 2 N–H and O–H groups in total. The predicted octanol–water partition coefficient (Wildman–Crippen LogP) is 2.94. The van der Waals surface area contributed by atoms with E-state index >= 15 is 0 Å². The molecule has 0 atom stereocenters. The number of aliphatic carboxylic acids is 1. The molecule has 0 radical (unpaired) electrons. The standard InChI is InChI=1S/C8H7N.C6H12N2.C2H4O2/c1-2-4-8-7(3-1)5-6-9-8;1-3-8-5-4-7(2)6-8;1-2(3)4/h1-6,9H;4-5H,3,6H2,1-2H3;1H3,(H,3,4). The van der Waals surface area contributed by atoms with Crippen molar-refractivity contribution in [3.8, 4) is 0 Å². The first-order valence-electron chi connectivity index (χ1n) is 6.87. The van der Waals surface area contributed by atoms with Crippen molar-refractivity contribution in [3.05, 3.63) is 48.9 Å². The highest BCUT2D eigenvalue weighted by Crippen LogP contribution is 2.09. The molecule has 1 aliphatic heterocycles. The summed E-state index contributed by atoms with van der Waals surface area (Å²) in [4.78, 5) is 16.5. The Bertz CT molecular complexity index is 543. The van der Waals surface area contributed by atoms with Gasteiger partial charge in [0.1, 0.15) is 0 Å². The molecule has 5 heteroatoms. The zero-order chi connectivity index (χ0) is 15.7. The van der Waals surface area contributed by atoms with Crippen LogP contribution in [0.1, 0.15) is 13.8 Å². The summed E-state index contributed by atoms with van der Waals surface area (Å²) in [5, 5.41) is 8.69. The maximum Gasteiger partial charge on any atom is 0.300 e. The molecule has 1 aromatic carbocycles. The minimum Gasteiger partial charge on any atom is -0.481 e. The van der Waals surface area contributed by atoms with Crippen LogP contribution in [0.25, 0.3) is 10.9 Å². The number of H-pyrrole nitrogens is 1. The quantitative estimate of drug-likeness (QED) is 0.847. The lowest BCUT2D eigenvalue weighted by Gasteiger charge is -2.14. The maximum absolute atomic E-state index is 9.00. The number of carbonyl (C=O) groups is 1. The molecule has 5 nitrogen and oxygen atoms in total. The number of benzene rings is 1. The normalized spacial score (nSPS) is 12.5. The Labute approximate surface area is 125 Å². The zero-order valence-electron chi connectivity index (χ0n) is 12.8. The fraction of sp³-hybridized carbons (Fsp3) is 0.312. The van der Waals surface area contributed by atoms with E-state index in [-0.39, 0.29) is 0 Å². The molecule has 0 spiro atoms. The van der Waals surface area contributed by atoms with Crippen molar-refractivity contribution in [2.45, 2.75) is 13.8 Å². The van der Waals surface area contributed by atoms with Crippen LogP contribution in [0, 0.1) is 0 Å². The second-order valence-electron chi connectivity index (χ2n) is 4.69. The van der Waals surface area contributed by atoms with Gasteiger partial charge in [-0.2, -0.15) is 0 Å². The summed E-state index contributed by atoms with van der Waals surface area (Å²) >= 11 is 0. The van der Waals surface area contributed by atoms with E-state index in [0.29, 0.717) is 0 Å². The van der Waals surface area contributed by atoms with Crippen molar-refractivity contribution in [2.24, 2.45) is 0 Å². The van der Waals surface area contributed by atoms with Crippen LogP contribution >= 0.6 is 0 Å². The number of nitrogens with one attached hydrogen (secondary N) is 1. The Kier molecular flexibility index (Phi) is 6.87. The minimum absolute atomic E-state index is 0.833. The highest BCUT2D eigenvalue weighted by atomic mass is 16.4. The van der Waals surface area contributed by atoms with Crippen molar-refractivity contribution in [3.63, 3.8) is 0 Å². The summed E-state index contributed by atoms with van der Waals surface area (Å²) in [6.07, 6.45) is 6.15. The molecule has 2 aromatic rings. The first-order valence-corrected chi connectivity index (χ1v) is 6.87. The van der Waals surface area contributed by atoms with E-state index in [1.807, 2.05) is 18.3 Å². The van der Waals surface area contributed by atoms with Gasteiger partial charge in [-0.05, 0) is 24.4 Å². The third-order valence-electron chi connectivity index (χ3n) is 2.81. The number of fused-ring (bicyclic) bond motifs is 1. The number of para-hydroxylation sites is 1. The fourth-order valence-electron chi connectivity index (χ4n) is 1.79. The average molecular weight is 289 g/mol. The Balaban J connectivity index is 0.000000171. The van der Waals surface area contributed by atoms with Crippen LogP contribution in [0.2, 0.25) is 0 Å². The van der Waals surface area contributed by atoms with Gasteiger partial charge in [-0.3, -0.25) is 4.79 Å². The van der Waals surface area contributed by atoms with E-state index in [4.69, 9.17) is 9.90 Å². The van der Waals surface area contributed by atoms with E-state index in [1.165, 1.54) is 10.9 Å². The van der Waals surface area contributed by atoms with Gasteiger partial charge in [0.15, 0.2) is 0 Å². The zero-order valence-corrected chi connectivity index (χ0v) is 12.8. The first-order chi connectivity index (χ1) is 10.0. The number of aromatic amines is 1. The number of aromatic nitrogens is 1. The van der Waals surface area contributed by atoms with Gasteiger partial charge in [0.05, 0.1) is 6.67 Å². The smallest absolute Gasteiger partial charge is 0.300 e. The van der Waals surface area contributed by atoms with Gasteiger partial charge >= 0.3 is 0 Å². The SMILES string of the molecule is CC(=O)O.CCN1C=CN(C)C1.c1ccc2[nH]ccc2c1. The van der Waals surface area contributed by atoms with Crippen LogP contribution in [0.5, 0.6) is 0 Å². The summed E-state index contributed by atoms with van der Waals surface area (Å²) in [6, 6.07) is 10.3. The molecule has 0 saturated carbocycles. The molecule has 114 valence electrons. The second kappa shape index (κ2) is 8.68. The fourth-order valence-corrected chi connectivity index (χ4v) is 1.79. The molecule has 0 saturated heterocycles. The molecule has 21 heavy (non-hydrogen) atoms. The number of hydrogen-bond donors (Lipinski definition) is 2. The van der Waals surface area contributed by atoms with Gasteiger partial charge < -0.3 is 19.9 Å². The van der Waals surface area contributed by atoms with E-state index < -0.39 is 5.97 Å². The van der Waals surface area contributed by atoms with Crippen LogP contribution < -0.4 is 0 Å². The van der Waals surface area contributed by atoms with Crippen LogP contribution in [0.3, 0.4) is 0 Å². The van der Waals surface area contributed by atoms with Gasteiger partial charge in [-0.15, -0.1) is 0 Å². The van der Waals surface area contributed by atoms with Gasteiger partial charge in [-0.1, -0.05) is 18.2 Å². The molecular weight excluding hydrogens is 266 g/mol. The highest BCUT2D eigenvalue weighted by Gasteiger charge is 2.03. The van der Waals surface area contributed by atoms with Crippen molar-refractivity contribution in [1.82, 2.24) is 14.8 Å². The molecule has 0 aliphatic carbocycles. The van der Waals surface area contributed by atoms with E-state index in [2.05, 4.69) is 59.4 Å². The summed E-state index contributed by atoms with van der Waals surface area (Å²) in [6.45, 7) is 5.40. The molecule has 2 heterocycles. The lowest BCUT2D eigenvalue weighted by molar-refractivity contribution is -0.134. The van der Waals surface area contributed by atoms with Gasteiger partial charge in [-0.25, -0.2) is 0 Å². The van der Waals surface area contributed by atoms with Crippen LogP contribution in [-0.4, -0.2) is 46.1 Å². The summed E-state index contributed by atoms with van der Waals surface area (Å²) in [7, 11) is 2.08. The topological polar surface area (TPSA) is 59.6 Å². The number of rotatable bonds is 1. The van der Waals surface area contributed by atoms with Crippen LogP contribution in [0.4, 0.5) is 0 Å². The third kappa shape index (κ3) is 6.51. The monoisotopic (exact) mass is 289 g/mol. The molecule has 1 aromatic heterocycles. The lowest BCUT2D eigenvalue weighted by Crippen LogP contribution is -2.21. The van der Waals surface area contributed by atoms with Crippen molar-refractivity contribution in [2.75, 3.05) is 20.3 Å².